The van der Waals surface area contributed by atoms with Gasteiger partial charge < -0.3 is 15.2 Å². The minimum absolute atomic E-state index is 0.298. The van der Waals surface area contributed by atoms with E-state index in [1.165, 1.54) is 25.7 Å². The number of ether oxygens (including phenoxy) is 1. The smallest absolute Gasteiger partial charge is 0.335 e. The van der Waals surface area contributed by atoms with Crippen LogP contribution in [0.1, 0.15) is 36.0 Å². The van der Waals surface area contributed by atoms with Crippen molar-refractivity contribution in [2.75, 3.05) is 12.4 Å². The SMILES string of the molecule is COc1ccc(C(=O)O)cc1NC1CC2CCC1C2. The third kappa shape index (κ3) is 2.27. The molecule has 0 spiro atoms. The number of aromatic carboxylic acids is 1. The molecule has 19 heavy (non-hydrogen) atoms. The van der Waals surface area contributed by atoms with Crippen LogP contribution in [0.5, 0.6) is 5.75 Å². The Kier molecular flexibility index (Phi) is 3.09. The Balaban J connectivity index is 1.82. The molecule has 3 unspecified atom stereocenters. The molecule has 2 fully saturated rings. The number of hydrogen-bond acceptors (Lipinski definition) is 3. The number of nitrogens with one attached hydrogen (secondary N) is 1. The second kappa shape index (κ2) is 4.76. The summed E-state index contributed by atoms with van der Waals surface area (Å²) in [5.74, 6) is 1.41. The number of hydrogen-bond donors (Lipinski definition) is 2. The van der Waals surface area contributed by atoms with Crippen LogP contribution in [-0.4, -0.2) is 24.2 Å². The Hall–Kier alpha value is -1.71. The van der Waals surface area contributed by atoms with Gasteiger partial charge in [0.15, 0.2) is 0 Å². The van der Waals surface area contributed by atoms with Crippen molar-refractivity contribution in [2.24, 2.45) is 11.8 Å². The summed E-state index contributed by atoms with van der Waals surface area (Å²) >= 11 is 0. The van der Waals surface area contributed by atoms with E-state index in [9.17, 15) is 4.79 Å². The Morgan fingerprint density at radius 3 is 2.79 bits per heavy atom. The summed E-state index contributed by atoms with van der Waals surface area (Å²) in [4.78, 5) is 11.0. The molecule has 3 atom stereocenters. The van der Waals surface area contributed by atoms with Crippen molar-refractivity contribution < 1.29 is 14.6 Å². The van der Waals surface area contributed by atoms with Crippen molar-refractivity contribution in [1.82, 2.24) is 0 Å². The highest BCUT2D eigenvalue weighted by atomic mass is 16.5. The first-order valence-electron chi connectivity index (χ1n) is 6.85. The Morgan fingerprint density at radius 1 is 1.37 bits per heavy atom. The van der Waals surface area contributed by atoms with Crippen LogP contribution in [0.15, 0.2) is 18.2 Å². The molecule has 2 aliphatic carbocycles. The zero-order valence-corrected chi connectivity index (χ0v) is 11.1. The van der Waals surface area contributed by atoms with E-state index < -0.39 is 5.97 Å². The fourth-order valence-electron chi connectivity index (χ4n) is 3.58. The summed E-state index contributed by atoms with van der Waals surface area (Å²) in [7, 11) is 1.61. The van der Waals surface area contributed by atoms with E-state index in [4.69, 9.17) is 9.84 Å². The van der Waals surface area contributed by atoms with E-state index in [-0.39, 0.29) is 0 Å². The van der Waals surface area contributed by atoms with Gasteiger partial charge in [0, 0.05) is 6.04 Å². The molecule has 102 valence electrons. The zero-order chi connectivity index (χ0) is 13.4. The predicted molar refractivity (Wildman–Crippen MR) is 72.8 cm³/mol. The quantitative estimate of drug-likeness (QED) is 0.874. The van der Waals surface area contributed by atoms with Crippen molar-refractivity contribution in [3.63, 3.8) is 0 Å². The van der Waals surface area contributed by atoms with Gasteiger partial charge in [-0.1, -0.05) is 6.42 Å². The van der Waals surface area contributed by atoms with Crippen molar-refractivity contribution in [2.45, 2.75) is 31.7 Å². The number of carboxylic acids is 1. The van der Waals surface area contributed by atoms with Crippen LogP contribution >= 0.6 is 0 Å². The zero-order valence-electron chi connectivity index (χ0n) is 11.1. The molecule has 2 N–H and O–H groups in total. The molecule has 1 aromatic carbocycles. The number of methoxy groups -OCH3 is 1. The number of rotatable bonds is 4. The molecule has 0 heterocycles. The molecule has 3 rings (SSSR count). The van der Waals surface area contributed by atoms with Crippen molar-refractivity contribution in [3.05, 3.63) is 23.8 Å². The van der Waals surface area contributed by atoms with Crippen LogP contribution in [0.2, 0.25) is 0 Å². The molecule has 0 saturated heterocycles. The van der Waals surface area contributed by atoms with Gasteiger partial charge in [-0.3, -0.25) is 0 Å². The summed E-state index contributed by atoms with van der Waals surface area (Å²) in [6, 6.07) is 5.44. The lowest BCUT2D eigenvalue weighted by Crippen LogP contribution is -2.26. The van der Waals surface area contributed by atoms with Crippen LogP contribution in [0.3, 0.4) is 0 Å². The number of benzene rings is 1. The molecule has 4 heteroatoms. The Bertz CT molecular complexity index is 500. The van der Waals surface area contributed by atoms with E-state index in [1.807, 2.05) is 0 Å². The molecule has 0 aromatic heterocycles. The molecule has 4 nitrogen and oxygen atoms in total. The van der Waals surface area contributed by atoms with E-state index in [0.29, 0.717) is 17.4 Å². The standard InChI is InChI=1S/C15H19NO3/c1-19-14-5-4-11(15(17)18)8-13(14)16-12-7-9-2-3-10(12)6-9/h4-5,8-10,12,16H,2-3,6-7H2,1H3,(H,17,18). The summed E-state index contributed by atoms with van der Waals surface area (Å²) < 4.78 is 5.32. The number of carbonyl (C=O) groups is 1. The van der Waals surface area contributed by atoms with Crippen LogP contribution in [0.25, 0.3) is 0 Å². The van der Waals surface area contributed by atoms with Gasteiger partial charge in [-0.05, 0) is 49.3 Å². The summed E-state index contributed by atoms with van der Waals surface area (Å²) in [6.07, 6.45) is 5.17. The molecular formula is C15H19NO3. The second-order valence-corrected chi connectivity index (χ2v) is 5.65. The van der Waals surface area contributed by atoms with Gasteiger partial charge in [-0.15, -0.1) is 0 Å². The lowest BCUT2D eigenvalue weighted by Gasteiger charge is -2.25. The molecule has 0 amide bonds. The van der Waals surface area contributed by atoms with E-state index in [0.717, 1.165) is 17.5 Å². The minimum Gasteiger partial charge on any atom is -0.495 e. The fourth-order valence-corrected chi connectivity index (χ4v) is 3.58. The maximum Gasteiger partial charge on any atom is 0.335 e. The largest absolute Gasteiger partial charge is 0.495 e. The van der Waals surface area contributed by atoms with Gasteiger partial charge in [0.1, 0.15) is 5.75 Å². The third-order valence-corrected chi connectivity index (χ3v) is 4.53. The fraction of sp³-hybridized carbons (Fsp3) is 0.533. The van der Waals surface area contributed by atoms with E-state index in [2.05, 4.69) is 5.32 Å². The molecule has 0 radical (unpaired) electrons. The Labute approximate surface area is 112 Å². The third-order valence-electron chi connectivity index (χ3n) is 4.53. The van der Waals surface area contributed by atoms with Crippen molar-refractivity contribution in [3.8, 4) is 5.75 Å². The maximum atomic E-state index is 11.0. The van der Waals surface area contributed by atoms with Crippen LogP contribution in [-0.2, 0) is 0 Å². The molecule has 2 aliphatic rings. The monoisotopic (exact) mass is 261 g/mol. The maximum absolute atomic E-state index is 11.0. The van der Waals surface area contributed by atoms with Crippen molar-refractivity contribution in [1.29, 1.82) is 0 Å². The molecular weight excluding hydrogens is 242 g/mol. The van der Waals surface area contributed by atoms with Gasteiger partial charge in [-0.25, -0.2) is 4.79 Å². The molecule has 1 aromatic rings. The lowest BCUT2D eigenvalue weighted by atomic mass is 9.95. The highest BCUT2D eigenvalue weighted by Gasteiger charge is 2.39. The summed E-state index contributed by atoms with van der Waals surface area (Å²) in [6.45, 7) is 0. The predicted octanol–water partition coefficient (Wildman–Crippen LogP) is 2.99. The topological polar surface area (TPSA) is 58.6 Å². The normalized spacial score (nSPS) is 28.4. The summed E-state index contributed by atoms with van der Waals surface area (Å²) in [5.41, 5.74) is 1.10. The highest BCUT2D eigenvalue weighted by molar-refractivity contribution is 5.89. The van der Waals surface area contributed by atoms with Crippen LogP contribution < -0.4 is 10.1 Å². The molecule has 0 aliphatic heterocycles. The van der Waals surface area contributed by atoms with Gasteiger partial charge in [0.2, 0.25) is 0 Å². The van der Waals surface area contributed by atoms with Crippen molar-refractivity contribution >= 4 is 11.7 Å². The molecule has 2 saturated carbocycles. The second-order valence-electron chi connectivity index (χ2n) is 5.65. The lowest BCUT2D eigenvalue weighted by molar-refractivity contribution is 0.0697. The van der Waals surface area contributed by atoms with Gasteiger partial charge in [0.25, 0.3) is 0 Å². The molecule has 2 bridgehead atoms. The first kappa shape index (κ1) is 12.3. The average Bonchev–Trinajstić information content (AvgIpc) is 3.01. The van der Waals surface area contributed by atoms with Gasteiger partial charge in [-0.2, -0.15) is 0 Å². The number of fused-ring (bicyclic) bond motifs is 2. The van der Waals surface area contributed by atoms with E-state index >= 15 is 0 Å². The van der Waals surface area contributed by atoms with Gasteiger partial charge in [0.05, 0.1) is 18.4 Å². The first-order chi connectivity index (χ1) is 9.17. The average molecular weight is 261 g/mol. The minimum atomic E-state index is -0.904. The highest BCUT2D eigenvalue weighted by Crippen LogP contribution is 2.46. The van der Waals surface area contributed by atoms with Gasteiger partial charge >= 0.3 is 5.97 Å². The number of anilines is 1. The Morgan fingerprint density at radius 2 is 2.21 bits per heavy atom. The van der Waals surface area contributed by atoms with Crippen LogP contribution in [0.4, 0.5) is 5.69 Å². The first-order valence-corrected chi connectivity index (χ1v) is 6.85. The number of carboxylic acid groups (broad SMARTS) is 1. The summed E-state index contributed by atoms with van der Waals surface area (Å²) in [5, 5.41) is 12.6. The van der Waals surface area contributed by atoms with Crippen LogP contribution in [0, 0.1) is 11.8 Å². The van der Waals surface area contributed by atoms with E-state index in [1.54, 1.807) is 25.3 Å².